The Morgan fingerprint density at radius 3 is 2.55 bits per heavy atom. The van der Waals surface area contributed by atoms with Crippen LogP contribution < -0.4 is 4.74 Å². The highest BCUT2D eigenvalue weighted by Crippen LogP contribution is 2.36. The molecule has 0 radical (unpaired) electrons. The van der Waals surface area contributed by atoms with Crippen molar-refractivity contribution in [1.29, 1.82) is 0 Å². The van der Waals surface area contributed by atoms with Crippen LogP contribution in [0.25, 0.3) is 0 Å². The van der Waals surface area contributed by atoms with Crippen LogP contribution in [0.4, 0.5) is 5.69 Å². The van der Waals surface area contributed by atoms with Crippen LogP contribution in [0.3, 0.4) is 0 Å². The zero-order chi connectivity index (χ0) is 14.5. The standard InChI is InChI=1S/C14H10BrNO4/c15-12-6-11(8-17)7-13(16(18)19)14(12)20-9-10-4-2-1-3-5-10/h1-8H,9H2. The molecule has 0 unspecified atom stereocenters. The molecule has 0 heterocycles. The van der Waals surface area contributed by atoms with E-state index in [9.17, 15) is 14.9 Å². The van der Waals surface area contributed by atoms with Gasteiger partial charge in [-0.1, -0.05) is 30.3 Å². The average Bonchev–Trinajstić information content (AvgIpc) is 2.46. The van der Waals surface area contributed by atoms with Crippen LogP contribution in [-0.2, 0) is 6.61 Å². The third kappa shape index (κ3) is 3.21. The highest BCUT2D eigenvalue weighted by Gasteiger charge is 2.20. The van der Waals surface area contributed by atoms with Crippen LogP contribution in [0.5, 0.6) is 5.75 Å². The molecule has 0 bridgehead atoms. The topological polar surface area (TPSA) is 69.4 Å². The van der Waals surface area contributed by atoms with Gasteiger partial charge in [-0.25, -0.2) is 0 Å². The molecular formula is C14H10BrNO4. The fourth-order valence-corrected chi connectivity index (χ4v) is 2.26. The molecule has 0 amide bonds. The van der Waals surface area contributed by atoms with E-state index in [2.05, 4.69) is 15.9 Å². The Morgan fingerprint density at radius 1 is 1.25 bits per heavy atom. The average molecular weight is 336 g/mol. The first-order valence-electron chi connectivity index (χ1n) is 5.71. The maximum atomic E-state index is 11.0. The molecule has 6 heteroatoms. The largest absolute Gasteiger partial charge is 0.481 e. The predicted octanol–water partition coefficient (Wildman–Crippen LogP) is 3.75. The third-order valence-electron chi connectivity index (χ3n) is 2.61. The van der Waals surface area contributed by atoms with E-state index in [1.165, 1.54) is 12.1 Å². The Balaban J connectivity index is 2.31. The van der Waals surface area contributed by atoms with E-state index in [1.807, 2.05) is 30.3 Å². The lowest BCUT2D eigenvalue weighted by Gasteiger charge is -2.09. The molecule has 0 aliphatic rings. The van der Waals surface area contributed by atoms with E-state index < -0.39 is 4.92 Å². The summed E-state index contributed by atoms with van der Waals surface area (Å²) in [6.07, 6.45) is 0.554. The van der Waals surface area contributed by atoms with E-state index in [0.717, 1.165) is 5.56 Å². The van der Waals surface area contributed by atoms with Crippen molar-refractivity contribution in [2.45, 2.75) is 6.61 Å². The number of carbonyl (C=O) groups excluding carboxylic acids is 1. The van der Waals surface area contributed by atoms with Gasteiger partial charge in [-0.2, -0.15) is 0 Å². The number of carbonyl (C=O) groups is 1. The van der Waals surface area contributed by atoms with E-state index in [0.29, 0.717) is 10.8 Å². The van der Waals surface area contributed by atoms with Gasteiger partial charge < -0.3 is 4.74 Å². The zero-order valence-corrected chi connectivity index (χ0v) is 11.9. The van der Waals surface area contributed by atoms with Gasteiger partial charge in [0.15, 0.2) is 0 Å². The molecule has 0 atom stereocenters. The quantitative estimate of drug-likeness (QED) is 0.474. The molecule has 2 aromatic rings. The summed E-state index contributed by atoms with van der Waals surface area (Å²) in [6.45, 7) is 0.209. The maximum Gasteiger partial charge on any atom is 0.312 e. The van der Waals surface area contributed by atoms with Crippen LogP contribution in [-0.4, -0.2) is 11.2 Å². The summed E-state index contributed by atoms with van der Waals surface area (Å²) >= 11 is 3.19. The predicted molar refractivity (Wildman–Crippen MR) is 77.0 cm³/mol. The van der Waals surface area contributed by atoms with E-state index in [4.69, 9.17) is 4.74 Å². The summed E-state index contributed by atoms with van der Waals surface area (Å²) < 4.78 is 5.89. The van der Waals surface area contributed by atoms with Crippen molar-refractivity contribution in [2.75, 3.05) is 0 Å². The van der Waals surface area contributed by atoms with E-state index in [1.54, 1.807) is 0 Å². The van der Waals surface area contributed by atoms with Crippen molar-refractivity contribution in [3.63, 3.8) is 0 Å². The molecular weight excluding hydrogens is 326 g/mol. The van der Waals surface area contributed by atoms with Crippen molar-refractivity contribution >= 4 is 27.9 Å². The Bertz CT molecular complexity index is 643. The summed E-state index contributed by atoms with van der Waals surface area (Å²) in [5.74, 6) is 0.115. The molecule has 0 aliphatic carbocycles. The van der Waals surface area contributed by atoms with Crippen LogP contribution in [0, 0.1) is 10.1 Å². The molecule has 0 saturated heterocycles. The SMILES string of the molecule is O=Cc1cc(Br)c(OCc2ccccc2)c([N+](=O)[O-])c1. The van der Waals surface area contributed by atoms with Crippen LogP contribution in [0.2, 0.25) is 0 Å². The third-order valence-corrected chi connectivity index (χ3v) is 3.19. The second-order valence-electron chi connectivity index (χ2n) is 4.00. The minimum Gasteiger partial charge on any atom is -0.481 e. The fourth-order valence-electron chi connectivity index (χ4n) is 1.68. The van der Waals surface area contributed by atoms with Gasteiger partial charge in [-0.05, 0) is 27.6 Å². The zero-order valence-electron chi connectivity index (χ0n) is 10.3. The molecule has 102 valence electrons. The molecule has 0 spiro atoms. The lowest BCUT2D eigenvalue weighted by atomic mass is 10.2. The van der Waals surface area contributed by atoms with Crippen molar-refractivity contribution in [3.8, 4) is 5.75 Å². The van der Waals surface area contributed by atoms with Gasteiger partial charge in [-0.15, -0.1) is 0 Å². The van der Waals surface area contributed by atoms with Crippen LogP contribution in [0.1, 0.15) is 15.9 Å². The Labute approximate surface area is 123 Å². The van der Waals surface area contributed by atoms with Gasteiger partial charge in [-0.3, -0.25) is 14.9 Å². The van der Waals surface area contributed by atoms with Gasteiger partial charge in [0, 0.05) is 11.6 Å². The Hall–Kier alpha value is -2.21. The van der Waals surface area contributed by atoms with Crippen molar-refractivity contribution in [1.82, 2.24) is 0 Å². The highest BCUT2D eigenvalue weighted by atomic mass is 79.9. The van der Waals surface area contributed by atoms with Gasteiger partial charge >= 0.3 is 5.69 Å². The second kappa shape index (κ2) is 6.29. The monoisotopic (exact) mass is 335 g/mol. The number of hydrogen-bond donors (Lipinski definition) is 0. The summed E-state index contributed by atoms with van der Waals surface area (Å²) in [4.78, 5) is 21.2. The first-order valence-corrected chi connectivity index (χ1v) is 6.51. The molecule has 0 aliphatic heterocycles. The highest BCUT2D eigenvalue weighted by molar-refractivity contribution is 9.10. The van der Waals surface area contributed by atoms with Gasteiger partial charge in [0.25, 0.3) is 0 Å². The molecule has 0 N–H and O–H groups in total. The first kappa shape index (κ1) is 14.2. The van der Waals surface area contributed by atoms with Crippen LogP contribution >= 0.6 is 15.9 Å². The number of rotatable bonds is 5. The minimum atomic E-state index is -0.571. The summed E-state index contributed by atoms with van der Waals surface area (Å²) in [5.41, 5.74) is 0.876. The molecule has 2 aromatic carbocycles. The number of benzene rings is 2. The second-order valence-corrected chi connectivity index (χ2v) is 4.85. The molecule has 2 rings (SSSR count). The first-order chi connectivity index (χ1) is 9.61. The Morgan fingerprint density at radius 2 is 1.95 bits per heavy atom. The number of halogens is 1. The molecule has 5 nitrogen and oxygen atoms in total. The smallest absolute Gasteiger partial charge is 0.312 e. The number of ether oxygens (including phenoxy) is 1. The van der Waals surface area contributed by atoms with E-state index >= 15 is 0 Å². The minimum absolute atomic E-state index is 0.115. The summed E-state index contributed by atoms with van der Waals surface area (Å²) in [7, 11) is 0. The van der Waals surface area contributed by atoms with E-state index in [-0.39, 0.29) is 23.6 Å². The molecule has 0 fully saturated rings. The number of nitrogens with zero attached hydrogens (tertiary/aromatic N) is 1. The molecule has 0 saturated carbocycles. The lowest BCUT2D eigenvalue weighted by Crippen LogP contribution is -2.01. The number of aldehydes is 1. The van der Waals surface area contributed by atoms with Crippen molar-refractivity contribution < 1.29 is 14.5 Å². The normalized spacial score (nSPS) is 10.1. The summed E-state index contributed by atoms with van der Waals surface area (Å²) in [6, 6.07) is 12.0. The molecule has 0 aromatic heterocycles. The van der Waals surface area contributed by atoms with Crippen molar-refractivity contribution in [2.24, 2.45) is 0 Å². The van der Waals surface area contributed by atoms with Gasteiger partial charge in [0.1, 0.15) is 12.9 Å². The lowest BCUT2D eigenvalue weighted by molar-refractivity contribution is -0.386. The number of nitro groups is 1. The Kier molecular flexibility index (Phi) is 4.47. The fraction of sp³-hybridized carbons (Fsp3) is 0.0714. The molecule has 20 heavy (non-hydrogen) atoms. The van der Waals surface area contributed by atoms with Crippen molar-refractivity contribution in [3.05, 3.63) is 68.2 Å². The van der Waals surface area contributed by atoms with Gasteiger partial charge in [0.05, 0.1) is 9.40 Å². The number of hydrogen-bond acceptors (Lipinski definition) is 4. The van der Waals surface area contributed by atoms with Crippen LogP contribution in [0.15, 0.2) is 46.9 Å². The number of nitro benzene ring substituents is 1. The summed E-state index contributed by atoms with van der Waals surface area (Å²) in [5, 5.41) is 11.0. The maximum absolute atomic E-state index is 11.0. The van der Waals surface area contributed by atoms with Gasteiger partial charge in [0.2, 0.25) is 5.75 Å².